The number of piperidine rings is 1. The zero-order valence-electron chi connectivity index (χ0n) is 9.59. The van der Waals surface area contributed by atoms with E-state index < -0.39 is 0 Å². The number of phenols is 1. The molecule has 1 aromatic carbocycles. The van der Waals surface area contributed by atoms with Crippen molar-refractivity contribution in [3.8, 4) is 5.75 Å². The lowest BCUT2D eigenvalue weighted by molar-refractivity contribution is 0.369. The van der Waals surface area contributed by atoms with Crippen LogP contribution in [-0.2, 0) is 6.42 Å². The normalized spacial score (nSPS) is 21.0. The zero-order valence-corrected chi connectivity index (χ0v) is 9.59. The molecule has 1 atom stereocenters. The van der Waals surface area contributed by atoms with Crippen molar-refractivity contribution in [1.82, 2.24) is 5.32 Å². The van der Waals surface area contributed by atoms with Crippen LogP contribution in [-0.4, -0.2) is 18.2 Å². The van der Waals surface area contributed by atoms with E-state index in [1.807, 2.05) is 0 Å². The largest absolute Gasteiger partial charge is 0.508 e. The molecule has 1 fully saturated rings. The molecule has 1 aliphatic heterocycles. The number of aryl methyl sites for hydroxylation is 1. The van der Waals surface area contributed by atoms with Gasteiger partial charge in [0.15, 0.2) is 0 Å². The fraction of sp³-hybridized carbons (Fsp3) is 0.538. The molecule has 0 radical (unpaired) electrons. The van der Waals surface area contributed by atoms with Gasteiger partial charge in [0.1, 0.15) is 11.6 Å². The van der Waals surface area contributed by atoms with Gasteiger partial charge in [0.25, 0.3) is 0 Å². The number of benzene rings is 1. The molecule has 1 aromatic rings. The summed E-state index contributed by atoms with van der Waals surface area (Å²) in [4.78, 5) is 0. The Balaban J connectivity index is 2.11. The fourth-order valence-corrected chi connectivity index (χ4v) is 2.28. The van der Waals surface area contributed by atoms with Gasteiger partial charge in [-0.1, -0.05) is 0 Å². The lowest BCUT2D eigenvalue weighted by atomic mass is 9.91. The molecular formula is C13H18FNO. The third-order valence-electron chi connectivity index (χ3n) is 3.27. The zero-order chi connectivity index (χ0) is 11.5. The summed E-state index contributed by atoms with van der Waals surface area (Å²) in [7, 11) is 0. The molecule has 1 saturated heterocycles. The first-order chi connectivity index (χ1) is 7.66. The Morgan fingerprint density at radius 3 is 3.00 bits per heavy atom. The van der Waals surface area contributed by atoms with Gasteiger partial charge in [-0.25, -0.2) is 4.39 Å². The summed E-state index contributed by atoms with van der Waals surface area (Å²) in [5.74, 6) is 0.516. The van der Waals surface area contributed by atoms with Gasteiger partial charge in [-0.3, -0.25) is 0 Å². The molecule has 0 spiro atoms. The summed E-state index contributed by atoms with van der Waals surface area (Å²) >= 11 is 0. The predicted octanol–water partition coefficient (Wildman–Crippen LogP) is 2.38. The van der Waals surface area contributed by atoms with Crippen molar-refractivity contribution in [1.29, 1.82) is 0 Å². The maximum Gasteiger partial charge on any atom is 0.126 e. The molecule has 0 amide bonds. The topological polar surface area (TPSA) is 32.3 Å². The third-order valence-corrected chi connectivity index (χ3v) is 3.27. The van der Waals surface area contributed by atoms with E-state index in [4.69, 9.17) is 0 Å². The van der Waals surface area contributed by atoms with Crippen molar-refractivity contribution in [2.45, 2.75) is 26.2 Å². The quantitative estimate of drug-likeness (QED) is 0.806. The van der Waals surface area contributed by atoms with Crippen LogP contribution < -0.4 is 5.32 Å². The molecule has 0 aliphatic carbocycles. The van der Waals surface area contributed by atoms with Crippen LogP contribution >= 0.6 is 0 Å². The van der Waals surface area contributed by atoms with Crippen LogP contribution in [0.3, 0.4) is 0 Å². The molecule has 3 heteroatoms. The second-order valence-electron chi connectivity index (χ2n) is 4.65. The van der Waals surface area contributed by atoms with Crippen LogP contribution in [0, 0.1) is 18.7 Å². The van der Waals surface area contributed by atoms with Crippen molar-refractivity contribution >= 4 is 0 Å². The average Bonchev–Trinajstić information content (AvgIpc) is 2.27. The summed E-state index contributed by atoms with van der Waals surface area (Å²) in [5.41, 5.74) is 1.24. The molecule has 2 nitrogen and oxygen atoms in total. The summed E-state index contributed by atoms with van der Waals surface area (Å²) < 4.78 is 13.4. The lowest BCUT2D eigenvalue weighted by Gasteiger charge is -2.23. The number of rotatable bonds is 2. The van der Waals surface area contributed by atoms with E-state index in [0.717, 1.165) is 31.5 Å². The number of halogens is 1. The first kappa shape index (κ1) is 11.4. The van der Waals surface area contributed by atoms with Crippen LogP contribution in [0.1, 0.15) is 24.0 Å². The highest BCUT2D eigenvalue weighted by Gasteiger charge is 2.16. The fourth-order valence-electron chi connectivity index (χ4n) is 2.28. The summed E-state index contributed by atoms with van der Waals surface area (Å²) in [6.45, 7) is 3.71. The van der Waals surface area contributed by atoms with E-state index >= 15 is 0 Å². The molecule has 0 bridgehead atoms. The maximum absolute atomic E-state index is 13.4. The van der Waals surface area contributed by atoms with Gasteiger partial charge in [0, 0.05) is 0 Å². The summed E-state index contributed by atoms with van der Waals surface area (Å²) in [5, 5.41) is 13.1. The van der Waals surface area contributed by atoms with Crippen LogP contribution in [0.4, 0.5) is 4.39 Å². The number of hydrogen-bond donors (Lipinski definition) is 2. The van der Waals surface area contributed by atoms with Gasteiger partial charge >= 0.3 is 0 Å². The van der Waals surface area contributed by atoms with Crippen molar-refractivity contribution in [2.75, 3.05) is 13.1 Å². The lowest BCUT2D eigenvalue weighted by Crippen LogP contribution is -2.30. The van der Waals surface area contributed by atoms with Gasteiger partial charge in [-0.05, 0) is 68.5 Å². The van der Waals surface area contributed by atoms with Crippen molar-refractivity contribution in [3.63, 3.8) is 0 Å². The Hall–Kier alpha value is -1.09. The predicted molar refractivity (Wildman–Crippen MR) is 62.1 cm³/mol. The summed E-state index contributed by atoms with van der Waals surface area (Å²) in [6.07, 6.45) is 3.08. The van der Waals surface area contributed by atoms with E-state index in [1.54, 1.807) is 6.92 Å². The molecule has 0 saturated carbocycles. The summed E-state index contributed by atoms with van der Waals surface area (Å²) in [6, 6.07) is 2.99. The van der Waals surface area contributed by atoms with E-state index in [9.17, 15) is 9.50 Å². The second-order valence-corrected chi connectivity index (χ2v) is 4.65. The number of hydrogen-bond acceptors (Lipinski definition) is 2. The van der Waals surface area contributed by atoms with E-state index in [0.29, 0.717) is 11.5 Å². The Kier molecular flexibility index (Phi) is 3.44. The number of aromatic hydroxyl groups is 1. The van der Waals surface area contributed by atoms with Crippen molar-refractivity contribution in [2.24, 2.45) is 5.92 Å². The number of phenolic OH excluding ortho intramolecular Hbond substituents is 1. The van der Waals surface area contributed by atoms with Crippen LogP contribution in [0.5, 0.6) is 5.75 Å². The Morgan fingerprint density at radius 2 is 2.31 bits per heavy atom. The molecule has 0 aromatic heterocycles. The minimum Gasteiger partial charge on any atom is -0.508 e. The maximum atomic E-state index is 13.4. The Bertz CT molecular complexity index is 372. The van der Waals surface area contributed by atoms with E-state index in [1.165, 1.54) is 18.6 Å². The molecular weight excluding hydrogens is 205 g/mol. The first-order valence-corrected chi connectivity index (χ1v) is 5.85. The van der Waals surface area contributed by atoms with Crippen LogP contribution in [0.15, 0.2) is 12.1 Å². The van der Waals surface area contributed by atoms with Gasteiger partial charge in [0.2, 0.25) is 0 Å². The molecule has 2 N–H and O–H groups in total. The number of nitrogens with one attached hydrogen (secondary N) is 1. The minimum atomic E-state index is -0.225. The standard InChI is InChI=1S/C13H18FNO/c1-9-5-13(16)11(7-12(9)14)6-10-3-2-4-15-8-10/h5,7,10,15-16H,2-4,6,8H2,1H3. The van der Waals surface area contributed by atoms with Crippen molar-refractivity contribution in [3.05, 3.63) is 29.1 Å². The molecule has 1 heterocycles. The highest BCUT2D eigenvalue weighted by Crippen LogP contribution is 2.26. The van der Waals surface area contributed by atoms with Crippen LogP contribution in [0.25, 0.3) is 0 Å². The second kappa shape index (κ2) is 4.83. The Labute approximate surface area is 95.5 Å². The molecule has 1 unspecified atom stereocenters. The van der Waals surface area contributed by atoms with Gasteiger partial charge in [-0.2, -0.15) is 0 Å². The van der Waals surface area contributed by atoms with Crippen molar-refractivity contribution < 1.29 is 9.50 Å². The first-order valence-electron chi connectivity index (χ1n) is 5.85. The minimum absolute atomic E-state index is 0.225. The van der Waals surface area contributed by atoms with Crippen LogP contribution in [0.2, 0.25) is 0 Å². The van der Waals surface area contributed by atoms with Gasteiger partial charge in [0.05, 0.1) is 0 Å². The Morgan fingerprint density at radius 1 is 1.50 bits per heavy atom. The molecule has 16 heavy (non-hydrogen) atoms. The highest BCUT2D eigenvalue weighted by atomic mass is 19.1. The van der Waals surface area contributed by atoms with E-state index in [2.05, 4.69) is 5.32 Å². The smallest absolute Gasteiger partial charge is 0.126 e. The van der Waals surface area contributed by atoms with Gasteiger partial charge < -0.3 is 10.4 Å². The monoisotopic (exact) mass is 223 g/mol. The van der Waals surface area contributed by atoms with E-state index in [-0.39, 0.29) is 11.6 Å². The molecule has 88 valence electrons. The highest BCUT2D eigenvalue weighted by molar-refractivity contribution is 5.37. The average molecular weight is 223 g/mol. The third kappa shape index (κ3) is 2.53. The molecule has 2 rings (SSSR count). The molecule has 1 aliphatic rings. The SMILES string of the molecule is Cc1cc(O)c(CC2CCCNC2)cc1F. The van der Waals surface area contributed by atoms with Gasteiger partial charge in [-0.15, -0.1) is 0 Å².